The lowest BCUT2D eigenvalue weighted by Gasteiger charge is -2.26. The second-order valence-electron chi connectivity index (χ2n) is 5.94. The van der Waals surface area contributed by atoms with Crippen LogP contribution in [-0.4, -0.2) is 53.9 Å². The lowest BCUT2D eigenvalue weighted by molar-refractivity contribution is -0.151. The number of hydrogen-bond donors (Lipinski definition) is 1. The Morgan fingerprint density at radius 3 is 2.67 bits per heavy atom. The number of aliphatic imine (C=N–C) groups is 2. The Morgan fingerprint density at radius 1 is 1.38 bits per heavy atom. The van der Waals surface area contributed by atoms with Crippen molar-refractivity contribution in [1.82, 2.24) is 0 Å². The highest BCUT2D eigenvalue weighted by Gasteiger charge is 2.74. The third-order valence-corrected chi connectivity index (χ3v) is 5.85. The fourth-order valence-electron chi connectivity index (χ4n) is 3.69. The maximum Gasteiger partial charge on any atom is 0.326 e. The first-order valence-electron chi connectivity index (χ1n) is 7.89. The summed E-state index contributed by atoms with van der Waals surface area (Å²) in [5.74, 6) is -1.23. The smallest absolute Gasteiger partial charge is 0.326 e. The minimum atomic E-state index is -1.13. The Kier molecular flexibility index (Phi) is 5.93. The van der Waals surface area contributed by atoms with Crippen LogP contribution < -0.4 is 5.73 Å². The predicted molar refractivity (Wildman–Crippen MR) is 94.7 cm³/mol. The average molecular weight is 376 g/mol. The van der Waals surface area contributed by atoms with Crippen molar-refractivity contribution in [3.8, 4) is 0 Å². The SMILES string of the molecule is CCOC(=O)[C@H]1[C@H]2[C@@H]1[C@](N)(C(=O)OCC)C[C@@H]2SC1=NCC=N1.Cl. The molecule has 2 saturated carbocycles. The van der Waals surface area contributed by atoms with Gasteiger partial charge >= 0.3 is 11.9 Å². The molecular formula is C15H22ClN3O4S. The Morgan fingerprint density at radius 2 is 2.08 bits per heavy atom. The summed E-state index contributed by atoms with van der Waals surface area (Å²) < 4.78 is 10.3. The summed E-state index contributed by atoms with van der Waals surface area (Å²) in [5, 5.41) is 0.717. The van der Waals surface area contributed by atoms with E-state index in [0.29, 0.717) is 24.7 Å². The molecule has 2 aliphatic carbocycles. The van der Waals surface area contributed by atoms with Crippen LogP contribution >= 0.6 is 24.2 Å². The highest BCUT2D eigenvalue weighted by Crippen LogP contribution is 2.65. The second-order valence-corrected chi connectivity index (χ2v) is 7.14. The predicted octanol–water partition coefficient (Wildman–Crippen LogP) is 1.04. The topological polar surface area (TPSA) is 103 Å². The van der Waals surface area contributed by atoms with Crippen LogP contribution in [0.1, 0.15) is 20.3 Å². The molecule has 134 valence electrons. The van der Waals surface area contributed by atoms with Gasteiger partial charge in [0.05, 0.1) is 25.7 Å². The lowest BCUT2D eigenvalue weighted by atomic mass is 9.91. The van der Waals surface area contributed by atoms with E-state index < -0.39 is 11.5 Å². The van der Waals surface area contributed by atoms with Crippen molar-refractivity contribution in [3.05, 3.63) is 0 Å². The molecule has 7 nitrogen and oxygen atoms in total. The van der Waals surface area contributed by atoms with E-state index in [4.69, 9.17) is 15.2 Å². The van der Waals surface area contributed by atoms with E-state index in [0.717, 1.165) is 0 Å². The zero-order valence-electron chi connectivity index (χ0n) is 13.6. The third kappa shape index (κ3) is 3.19. The molecule has 9 heteroatoms. The number of halogens is 1. The molecule has 0 saturated heterocycles. The first-order valence-corrected chi connectivity index (χ1v) is 8.77. The largest absolute Gasteiger partial charge is 0.466 e. The summed E-state index contributed by atoms with van der Waals surface area (Å²) in [6.07, 6.45) is 2.21. The van der Waals surface area contributed by atoms with Gasteiger partial charge in [0.2, 0.25) is 0 Å². The second kappa shape index (κ2) is 7.41. The zero-order valence-corrected chi connectivity index (χ0v) is 15.3. The fourth-order valence-corrected chi connectivity index (χ4v) is 5.11. The molecule has 0 amide bonds. The number of fused-ring (bicyclic) bond motifs is 1. The van der Waals surface area contributed by atoms with Crippen LogP contribution in [0.2, 0.25) is 0 Å². The number of thioether (sulfide) groups is 1. The summed E-state index contributed by atoms with van der Waals surface area (Å²) in [6, 6.07) is 0. The van der Waals surface area contributed by atoms with E-state index in [2.05, 4.69) is 9.98 Å². The van der Waals surface area contributed by atoms with Crippen molar-refractivity contribution in [2.45, 2.75) is 31.1 Å². The summed E-state index contributed by atoms with van der Waals surface area (Å²) >= 11 is 1.50. The summed E-state index contributed by atoms with van der Waals surface area (Å²) in [5.41, 5.74) is 5.26. The van der Waals surface area contributed by atoms with E-state index in [1.54, 1.807) is 20.1 Å². The van der Waals surface area contributed by atoms with Crippen LogP contribution in [0, 0.1) is 17.8 Å². The standard InChI is InChI=1S/C15H21N3O4S.ClH/c1-3-21-12(19)10-9-8(23-14-17-5-6-18-14)7-15(16,11(9)10)13(20)22-4-2;/h5,8-11H,3-4,6-7,16H2,1-2H3;1H/t8-,9-,10-,11-,15-;/m0./s1. The number of nitrogens with two attached hydrogens (primary N) is 1. The molecule has 5 atom stereocenters. The highest BCUT2D eigenvalue weighted by molar-refractivity contribution is 8.14. The summed E-state index contributed by atoms with van der Waals surface area (Å²) in [7, 11) is 0. The van der Waals surface area contributed by atoms with Gasteiger partial charge in [-0.1, -0.05) is 11.8 Å². The Labute approximate surface area is 151 Å². The number of ether oxygens (including phenoxy) is 2. The molecule has 0 radical (unpaired) electrons. The number of hydrogen-bond acceptors (Lipinski definition) is 8. The molecule has 1 aliphatic heterocycles. The van der Waals surface area contributed by atoms with Gasteiger partial charge in [-0.15, -0.1) is 12.4 Å². The first-order chi connectivity index (χ1) is 11.0. The van der Waals surface area contributed by atoms with E-state index >= 15 is 0 Å². The van der Waals surface area contributed by atoms with Gasteiger partial charge in [-0.3, -0.25) is 14.6 Å². The molecule has 2 fully saturated rings. The maximum atomic E-state index is 12.3. The van der Waals surface area contributed by atoms with Crippen molar-refractivity contribution in [3.63, 3.8) is 0 Å². The number of nitrogens with zero attached hydrogens (tertiary/aromatic N) is 2. The minimum Gasteiger partial charge on any atom is -0.466 e. The van der Waals surface area contributed by atoms with E-state index in [1.807, 2.05) is 0 Å². The quantitative estimate of drug-likeness (QED) is 0.720. The Hall–Kier alpha value is -1.12. The van der Waals surface area contributed by atoms with Gasteiger partial charge in [0.1, 0.15) is 5.54 Å². The monoisotopic (exact) mass is 375 g/mol. The van der Waals surface area contributed by atoms with E-state index in [1.165, 1.54) is 11.8 Å². The number of rotatable bonds is 5. The van der Waals surface area contributed by atoms with E-state index in [-0.39, 0.29) is 48.0 Å². The molecule has 0 unspecified atom stereocenters. The normalized spacial score (nSPS) is 35.7. The number of carbonyl (C=O) groups is 2. The molecular weight excluding hydrogens is 354 g/mol. The molecule has 24 heavy (non-hydrogen) atoms. The van der Waals surface area contributed by atoms with Crippen LogP contribution in [0.5, 0.6) is 0 Å². The molecule has 3 aliphatic rings. The summed E-state index contributed by atoms with van der Waals surface area (Å²) in [4.78, 5) is 33.0. The fraction of sp³-hybridized carbons (Fsp3) is 0.733. The minimum absolute atomic E-state index is 0. The first kappa shape index (κ1) is 19.2. The molecule has 0 aromatic heterocycles. The van der Waals surface area contributed by atoms with Crippen LogP contribution in [0.15, 0.2) is 9.98 Å². The Balaban J connectivity index is 0.00000208. The van der Waals surface area contributed by atoms with Gasteiger partial charge in [-0.25, -0.2) is 4.99 Å². The van der Waals surface area contributed by atoms with Gasteiger partial charge in [-0.2, -0.15) is 0 Å². The van der Waals surface area contributed by atoms with Crippen LogP contribution in [0.3, 0.4) is 0 Å². The van der Waals surface area contributed by atoms with Crippen LogP contribution in [0.4, 0.5) is 0 Å². The molecule has 0 spiro atoms. The van der Waals surface area contributed by atoms with Gasteiger partial charge in [-0.05, 0) is 26.2 Å². The Bertz CT molecular complexity index is 585. The number of carbonyl (C=O) groups excluding carboxylic acids is 2. The third-order valence-electron chi connectivity index (χ3n) is 4.62. The summed E-state index contributed by atoms with van der Waals surface area (Å²) in [6.45, 7) is 4.69. The zero-order chi connectivity index (χ0) is 16.6. The van der Waals surface area contributed by atoms with Crippen molar-refractivity contribution >= 4 is 47.5 Å². The van der Waals surface area contributed by atoms with Gasteiger partial charge in [0.15, 0.2) is 5.17 Å². The van der Waals surface area contributed by atoms with E-state index in [9.17, 15) is 9.59 Å². The molecule has 0 bridgehead atoms. The van der Waals surface area contributed by atoms with Crippen molar-refractivity contribution in [2.24, 2.45) is 33.5 Å². The van der Waals surface area contributed by atoms with Crippen molar-refractivity contribution in [2.75, 3.05) is 19.8 Å². The van der Waals surface area contributed by atoms with Crippen LogP contribution in [0.25, 0.3) is 0 Å². The molecule has 0 aromatic carbocycles. The molecule has 2 N–H and O–H groups in total. The average Bonchev–Trinajstić information content (AvgIpc) is 2.94. The highest BCUT2D eigenvalue weighted by atomic mass is 35.5. The molecule has 1 heterocycles. The van der Waals surface area contributed by atoms with Gasteiger partial charge in [0, 0.05) is 17.4 Å². The molecule has 3 rings (SSSR count). The number of esters is 2. The van der Waals surface area contributed by atoms with Gasteiger partial charge in [0.25, 0.3) is 0 Å². The van der Waals surface area contributed by atoms with Gasteiger partial charge < -0.3 is 15.2 Å². The lowest BCUT2D eigenvalue weighted by Crippen LogP contribution is -2.51. The van der Waals surface area contributed by atoms with Crippen LogP contribution in [-0.2, 0) is 19.1 Å². The van der Waals surface area contributed by atoms with Crippen molar-refractivity contribution < 1.29 is 19.1 Å². The number of amidine groups is 1. The van der Waals surface area contributed by atoms with Crippen molar-refractivity contribution in [1.29, 1.82) is 0 Å². The molecule has 0 aromatic rings. The maximum absolute atomic E-state index is 12.3.